The fourth-order valence-corrected chi connectivity index (χ4v) is 5.65. The zero-order chi connectivity index (χ0) is 23.7. The van der Waals surface area contributed by atoms with E-state index in [1.165, 1.54) is 24.5 Å². The molecule has 0 saturated carbocycles. The molecule has 0 radical (unpaired) electrons. The number of rotatable bonds is 6. The molecular formula is C20H21F3N2O5S2. The lowest BCUT2D eigenvalue weighted by molar-refractivity contribution is -0.137. The molecule has 12 heteroatoms. The zero-order valence-corrected chi connectivity index (χ0v) is 18.9. The minimum absolute atomic E-state index is 0.241. The van der Waals surface area contributed by atoms with Gasteiger partial charge in [0, 0.05) is 4.88 Å². The van der Waals surface area contributed by atoms with Gasteiger partial charge < -0.3 is 10.1 Å². The van der Waals surface area contributed by atoms with E-state index in [1.807, 2.05) is 0 Å². The molecule has 1 aromatic heterocycles. The maximum Gasteiger partial charge on any atom is 0.416 e. The standard InChI is InChI=1S/C20H21F3N2O5S2/c1-30-19(27)17-14-8-3-4-9-15(14)31-18(17)24-16(26)11-25(32(2,28)29)13-7-5-6-12(10-13)20(21,22)23/h5-7,10H,3-4,8-9,11H2,1-2H3,(H,24,26). The third-order valence-corrected chi connectivity index (χ3v) is 7.31. The second-order valence-electron chi connectivity index (χ2n) is 7.27. The van der Waals surface area contributed by atoms with Crippen molar-refractivity contribution in [1.29, 1.82) is 0 Å². The summed E-state index contributed by atoms with van der Waals surface area (Å²) in [5, 5.41) is 2.79. The lowest BCUT2D eigenvalue weighted by Crippen LogP contribution is -2.37. The number of ether oxygens (including phenoxy) is 1. The molecule has 174 valence electrons. The number of benzene rings is 1. The van der Waals surface area contributed by atoms with E-state index in [1.54, 1.807) is 0 Å². The second-order valence-corrected chi connectivity index (χ2v) is 10.3. The summed E-state index contributed by atoms with van der Waals surface area (Å²) in [5.41, 5.74) is -0.286. The lowest BCUT2D eigenvalue weighted by atomic mass is 9.95. The first-order valence-electron chi connectivity index (χ1n) is 9.59. The van der Waals surface area contributed by atoms with Gasteiger partial charge in [0.1, 0.15) is 11.5 Å². The fourth-order valence-electron chi connectivity index (χ4n) is 3.51. The van der Waals surface area contributed by atoms with Crippen LogP contribution in [0.1, 0.15) is 39.2 Å². The Morgan fingerprint density at radius 2 is 1.91 bits per heavy atom. The summed E-state index contributed by atoms with van der Waals surface area (Å²) in [7, 11) is -2.86. The number of methoxy groups -OCH3 is 1. The van der Waals surface area contributed by atoms with E-state index < -0.39 is 40.2 Å². The van der Waals surface area contributed by atoms with Crippen LogP contribution in [0.25, 0.3) is 0 Å². The first-order chi connectivity index (χ1) is 14.9. The Kier molecular flexibility index (Phi) is 6.84. The minimum atomic E-state index is -4.67. The van der Waals surface area contributed by atoms with Crippen LogP contribution in [0.4, 0.5) is 23.9 Å². The van der Waals surface area contributed by atoms with Crippen LogP contribution in [0.5, 0.6) is 0 Å². The number of hydrogen-bond donors (Lipinski definition) is 1. The molecule has 1 aliphatic rings. The summed E-state index contributed by atoms with van der Waals surface area (Å²) in [6.07, 6.45) is -0.639. The summed E-state index contributed by atoms with van der Waals surface area (Å²) < 4.78 is 69.1. The number of carbonyl (C=O) groups is 2. The predicted octanol–water partition coefficient (Wildman–Crippen LogP) is 3.84. The smallest absolute Gasteiger partial charge is 0.416 e. The van der Waals surface area contributed by atoms with Gasteiger partial charge in [0.25, 0.3) is 0 Å². The summed E-state index contributed by atoms with van der Waals surface area (Å²) in [6, 6.07) is 3.71. The number of nitrogens with zero attached hydrogens (tertiary/aromatic N) is 1. The number of fused-ring (bicyclic) bond motifs is 1. The van der Waals surface area contributed by atoms with Crippen molar-refractivity contribution in [2.75, 3.05) is 29.5 Å². The number of hydrogen-bond acceptors (Lipinski definition) is 6. The molecule has 0 fully saturated rings. The second kappa shape index (κ2) is 9.10. The van der Waals surface area contributed by atoms with E-state index in [4.69, 9.17) is 4.74 Å². The highest BCUT2D eigenvalue weighted by atomic mass is 32.2. The first kappa shape index (κ1) is 24.1. The van der Waals surface area contributed by atoms with Crippen molar-refractivity contribution < 1.29 is 35.9 Å². The van der Waals surface area contributed by atoms with Crippen LogP contribution in [0.3, 0.4) is 0 Å². The summed E-state index contributed by atoms with van der Waals surface area (Å²) in [6.45, 7) is -0.761. The van der Waals surface area contributed by atoms with E-state index in [2.05, 4.69) is 5.32 Å². The van der Waals surface area contributed by atoms with Crippen LogP contribution in [0.2, 0.25) is 0 Å². The predicted molar refractivity (Wildman–Crippen MR) is 115 cm³/mol. The van der Waals surface area contributed by atoms with Gasteiger partial charge in [0.05, 0.1) is 30.2 Å². The van der Waals surface area contributed by atoms with Gasteiger partial charge in [0.2, 0.25) is 15.9 Å². The summed E-state index contributed by atoms with van der Waals surface area (Å²) >= 11 is 1.22. The Bertz CT molecular complexity index is 1140. The number of esters is 1. The molecule has 1 amide bonds. The van der Waals surface area contributed by atoms with Crippen LogP contribution >= 0.6 is 11.3 Å². The topological polar surface area (TPSA) is 92.8 Å². The molecule has 2 aromatic rings. The van der Waals surface area contributed by atoms with Crippen LogP contribution < -0.4 is 9.62 Å². The molecule has 0 saturated heterocycles. The van der Waals surface area contributed by atoms with Gasteiger partial charge in [-0.3, -0.25) is 9.10 Å². The fraction of sp³-hybridized carbons (Fsp3) is 0.400. The Morgan fingerprint density at radius 1 is 1.22 bits per heavy atom. The van der Waals surface area contributed by atoms with E-state index in [0.29, 0.717) is 16.8 Å². The molecule has 3 rings (SSSR count). The maximum atomic E-state index is 13.1. The molecule has 0 bridgehead atoms. The van der Waals surface area contributed by atoms with Crippen LogP contribution in [-0.2, 0) is 38.6 Å². The van der Waals surface area contributed by atoms with E-state index in [9.17, 15) is 31.2 Å². The molecule has 1 heterocycles. The summed E-state index contributed by atoms with van der Waals surface area (Å²) in [5.74, 6) is -1.41. The SMILES string of the molecule is COC(=O)c1c(NC(=O)CN(c2cccc(C(F)(F)F)c2)S(C)(=O)=O)sc2c1CCCC2. The van der Waals surface area contributed by atoms with Crippen molar-refractivity contribution in [2.24, 2.45) is 0 Å². The number of amides is 1. The normalized spacial score (nSPS) is 13.9. The Balaban J connectivity index is 1.90. The Hall–Kier alpha value is -2.60. The molecule has 1 aromatic carbocycles. The molecule has 0 spiro atoms. The van der Waals surface area contributed by atoms with Gasteiger partial charge in [-0.1, -0.05) is 6.07 Å². The molecule has 0 unspecified atom stereocenters. The average Bonchev–Trinajstić information content (AvgIpc) is 3.07. The van der Waals surface area contributed by atoms with Crippen molar-refractivity contribution in [1.82, 2.24) is 0 Å². The minimum Gasteiger partial charge on any atom is -0.465 e. The number of thiophene rings is 1. The Morgan fingerprint density at radius 3 is 2.53 bits per heavy atom. The quantitative estimate of drug-likeness (QED) is 0.622. The van der Waals surface area contributed by atoms with Crippen molar-refractivity contribution in [3.8, 4) is 0 Å². The van der Waals surface area contributed by atoms with Gasteiger partial charge in [-0.25, -0.2) is 13.2 Å². The third-order valence-electron chi connectivity index (χ3n) is 4.96. The highest BCUT2D eigenvalue weighted by molar-refractivity contribution is 7.92. The number of sulfonamides is 1. The lowest BCUT2D eigenvalue weighted by Gasteiger charge is -2.22. The number of halogens is 3. The average molecular weight is 491 g/mol. The highest BCUT2D eigenvalue weighted by Gasteiger charge is 2.32. The van der Waals surface area contributed by atoms with Gasteiger partial charge in [-0.15, -0.1) is 11.3 Å². The molecule has 32 heavy (non-hydrogen) atoms. The number of anilines is 2. The highest BCUT2D eigenvalue weighted by Crippen LogP contribution is 2.38. The first-order valence-corrected chi connectivity index (χ1v) is 12.3. The molecule has 0 aliphatic heterocycles. The summed E-state index contributed by atoms with van der Waals surface area (Å²) in [4.78, 5) is 26.0. The number of alkyl halides is 3. The van der Waals surface area contributed by atoms with E-state index in [-0.39, 0.29) is 16.3 Å². The van der Waals surface area contributed by atoms with Crippen molar-refractivity contribution in [3.05, 3.63) is 45.8 Å². The largest absolute Gasteiger partial charge is 0.465 e. The third kappa shape index (κ3) is 5.23. The number of aryl methyl sites for hydroxylation is 1. The van der Waals surface area contributed by atoms with Crippen LogP contribution in [0, 0.1) is 0 Å². The maximum absolute atomic E-state index is 13.1. The van der Waals surface area contributed by atoms with Gasteiger partial charge in [-0.05, 0) is 49.4 Å². The van der Waals surface area contributed by atoms with Gasteiger partial charge in [0.15, 0.2) is 0 Å². The van der Waals surface area contributed by atoms with E-state index >= 15 is 0 Å². The van der Waals surface area contributed by atoms with Gasteiger partial charge in [-0.2, -0.15) is 13.2 Å². The Labute approximate surface area is 187 Å². The number of nitrogens with one attached hydrogen (secondary N) is 1. The molecule has 1 aliphatic carbocycles. The van der Waals surface area contributed by atoms with Gasteiger partial charge >= 0.3 is 12.1 Å². The van der Waals surface area contributed by atoms with Crippen molar-refractivity contribution >= 4 is 43.9 Å². The molecule has 0 atom stereocenters. The van der Waals surface area contributed by atoms with Crippen molar-refractivity contribution in [2.45, 2.75) is 31.9 Å². The zero-order valence-electron chi connectivity index (χ0n) is 17.3. The van der Waals surface area contributed by atoms with Crippen LogP contribution in [-0.4, -0.2) is 40.2 Å². The van der Waals surface area contributed by atoms with Crippen molar-refractivity contribution in [3.63, 3.8) is 0 Å². The van der Waals surface area contributed by atoms with Crippen LogP contribution in [0.15, 0.2) is 24.3 Å². The monoisotopic (exact) mass is 490 g/mol. The number of carbonyl (C=O) groups excluding carboxylic acids is 2. The molecule has 7 nitrogen and oxygen atoms in total. The molecular weight excluding hydrogens is 469 g/mol. The van der Waals surface area contributed by atoms with E-state index in [0.717, 1.165) is 48.1 Å². The molecule has 1 N–H and O–H groups in total.